The number of hydrogen-bond acceptors (Lipinski definition) is 3. The Morgan fingerprint density at radius 1 is 0.339 bits per heavy atom. The highest BCUT2D eigenvalue weighted by atomic mass is 15.2. The fourth-order valence-electron chi connectivity index (χ4n) is 9.18. The van der Waals surface area contributed by atoms with Crippen molar-refractivity contribution >= 4 is 71.3 Å². The first-order valence-corrected chi connectivity index (χ1v) is 19.1. The molecule has 0 radical (unpaired) electrons. The van der Waals surface area contributed by atoms with Gasteiger partial charge < -0.3 is 9.47 Å². The Labute approximate surface area is 323 Å². The lowest BCUT2D eigenvalue weighted by atomic mass is 9.90. The Morgan fingerprint density at radius 3 is 1.88 bits per heavy atom. The van der Waals surface area contributed by atoms with E-state index < -0.39 is 0 Å². The van der Waals surface area contributed by atoms with Gasteiger partial charge in [-0.15, -0.1) is 0 Å². The van der Waals surface area contributed by atoms with Crippen LogP contribution in [0.15, 0.2) is 194 Å². The lowest BCUT2D eigenvalue weighted by Gasteiger charge is -2.34. The minimum Gasteiger partial charge on any atom is -0.309 e. The van der Waals surface area contributed by atoms with Crippen LogP contribution in [0.1, 0.15) is 0 Å². The van der Waals surface area contributed by atoms with Crippen molar-refractivity contribution in [3.05, 3.63) is 194 Å². The van der Waals surface area contributed by atoms with E-state index in [4.69, 9.17) is 9.97 Å². The zero-order valence-electron chi connectivity index (χ0n) is 30.3. The second-order valence-electron chi connectivity index (χ2n) is 14.5. The van der Waals surface area contributed by atoms with Crippen LogP contribution in [0.25, 0.3) is 93.7 Å². The number of nitrogens with zero attached hydrogens (tertiary/aromatic N) is 4. The summed E-state index contributed by atoms with van der Waals surface area (Å²) in [7, 11) is 0. The summed E-state index contributed by atoms with van der Waals surface area (Å²) in [6.45, 7) is 0. The third-order valence-corrected chi connectivity index (χ3v) is 11.5. The quantitative estimate of drug-likeness (QED) is 0.182. The average Bonchev–Trinajstić information content (AvgIpc) is 3.61. The zero-order valence-corrected chi connectivity index (χ0v) is 30.3. The molecule has 0 aliphatic carbocycles. The molecule has 56 heavy (non-hydrogen) atoms. The molecule has 0 fully saturated rings. The molecule has 12 rings (SSSR count). The minimum absolute atomic E-state index is 0.705. The summed E-state index contributed by atoms with van der Waals surface area (Å²) >= 11 is 0. The molecule has 0 bridgehead atoms. The lowest BCUT2D eigenvalue weighted by Crippen LogP contribution is -2.15. The number of rotatable bonds is 4. The molecule has 1 aliphatic rings. The molecule has 0 atom stereocenters. The molecule has 11 aromatic rings. The van der Waals surface area contributed by atoms with Crippen LogP contribution in [-0.2, 0) is 0 Å². The molecular weight excluding hydrogens is 681 g/mol. The van der Waals surface area contributed by atoms with Gasteiger partial charge in [0.05, 0.1) is 39.3 Å². The molecule has 4 nitrogen and oxygen atoms in total. The van der Waals surface area contributed by atoms with Crippen LogP contribution in [0.5, 0.6) is 0 Å². The summed E-state index contributed by atoms with van der Waals surface area (Å²) in [4.78, 5) is 13.3. The molecule has 0 amide bonds. The van der Waals surface area contributed by atoms with E-state index in [1.54, 1.807) is 0 Å². The van der Waals surface area contributed by atoms with E-state index in [1.807, 2.05) is 0 Å². The van der Waals surface area contributed by atoms with Crippen molar-refractivity contribution in [2.24, 2.45) is 0 Å². The summed E-state index contributed by atoms with van der Waals surface area (Å²) in [5, 5.41) is 8.15. The summed E-state index contributed by atoms with van der Waals surface area (Å²) in [5.74, 6) is 0.705. The molecule has 4 heteroatoms. The van der Waals surface area contributed by atoms with Crippen molar-refractivity contribution in [1.29, 1.82) is 0 Å². The minimum atomic E-state index is 0.705. The van der Waals surface area contributed by atoms with Crippen LogP contribution in [0.3, 0.4) is 0 Å². The van der Waals surface area contributed by atoms with Gasteiger partial charge in [0, 0.05) is 49.3 Å². The van der Waals surface area contributed by atoms with Gasteiger partial charge >= 0.3 is 0 Å². The zero-order chi connectivity index (χ0) is 36.7. The SMILES string of the molecule is c1ccc(-n2c3ccccc3c3c(-c4nc(-c5cccc6c(N7c8ccccc8-c8cccc9cccc7c89)cccc56)nc5ccccc45)cccc32)cc1. The van der Waals surface area contributed by atoms with Gasteiger partial charge in [0.15, 0.2) is 5.82 Å². The van der Waals surface area contributed by atoms with Crippen LogP contribution in [0.4, 0.5) is 17.1 Å². The number of para-hydroxylation sites is 4. The van der Waals surface area contributed by atoms with E-state index in [0.29, 0.717) is 5.82 Å². The van der Waals surface area contributed by atoms with E-state index >= 15 is 0 Å². The predicted octanol–water partition coefficient (Wildman–Crippen LogP) is 13.8. The van der Waals surface area contributed by atoms with Crippen LogP contribution in [-0.4, -0.2) is 14.5 Å². The number of benzene rings is 9. The van der Waals surface area contributed by atoms with E-state index in [-0.39, 0.29) is 0 Å². The summed E-state index contributed by atoms with van der Waals surface area (Å²) in [5.41, 5.74) is 13.3. The highest BCUT2D eigenvalue weighted by Gasteiger charge is 2.27. The molecule has 0 spiro atoms. The maximum absolute atomic E-state index is 5.54. The highest BCUT2D eigenvalue weighted by Crippen LogP contribution is 2.52. The van der Waals surface area contributed by atoms with Gasteiger partial charge in [0.25, 0.3) is 0 Å². The van der Waals surface area contributed by atoms with Gasteiger partial charge in [0.2, 0.25) is 0 Å². The monoisotopic (exact) mass is 712 g/mol. The van der Waals surface area contributed by atoms with Gasteiger partial charge in [0.1, 0.15) is 0 Å². The molecule has 260 valence electrons. The molecule has 0 unspecified atom stereocenters. The van der Waals surface area contributed by atoms with Crippen molar-refractivity contribution in [3.8, 4) is 39.5 Å². The predicted molar refractivity (Wildman–Crippen MR) is 233 cm³/mol. The molecule has 0 N–H and O–H groups in total. The Hall–Kier alpha value is -7.56. The summed E-state index contributed by atoms with van der Waals surface area (Å²) in [6, 6.07) is 69.5. The Kier molecular flexibility index (Phi) is 6.60. The topological polar surface area (TPSA) is 34.0 Å². The van der Waals surface area contributed by atoms with Gasteiger partial charge in [-0.25, -0.2) is 9.97 Å². The fraction of sp³-hybridized carbons (Fsp3) is 0. The number of fused-ring (bicyclic) bond motifs is 7. The lowest BCUT2D eigenvalue weighted by molar-refractivity contribution is 1.18. The Balaban J connectivity index is 1.10. The van der Waals surface area contributed by atoms with Crippen molar-refractivity contribution in [1.82, 2.24) is 14.5 Å². The smallest absolute Gasteiger partial charge is 0.161 e. The largest absolute Gasteiger partial charge is 0.309 e. The van der Waals surface area contributed by atoms with Crippen LogP contribution in [0, 0.1) is 0 Å². The van der Waals surface area contributed by atoms with E-state index in [9.17, 15) is 0 Å². The van der Waals surface area contributed by atoms with Gasteiger partial charge in [-0.05, 0) is 64.9 Å². The van der Waals surface area contributed by atoms with E-state index in [0.717, 1.165) is 55.4 Å². The molecule has 0 saturated heterocycles. The molecule has 3 heterocycles. The molecule has 0 saturated carbocycles. The number of aromatic nitrogens is 3. The van der Waals surface area contributed by atoms with Gasteiger partial charge in [-0.1, -0.05) is 146 Å². The van der Waals surface area contributed by atoms with Crippen molar-refractivity contribution in [2.45, 2.75) is 0 Å². The first-order chi connectivity index (χ1) is 27.8. The maximum atomic E-state index is 5.54. The van der Waals surface area contributed by atoms with Crippen LogP contribution in [0.2, 0.25) is 0 Å². The summed E-state index contributed by atoms with van der Waals surface area (Å²) in [6.07, 6.45) is 0. The van der Waals surface area contributed by atoms with Gasteiger partial charge in [-0.2, -0.15) is 0 Å². The first kappa shape index (κ1) is 30.9. The number of hydrogen-bond donors (Lipinski definition) is 0. The van der Waals surface area contributed by atoms with Crippen LogP contribution >= 0.6 is 0 Å². The third kappa shape index (κ3) is 4.41. The highest BCUT2D eigenvalue weighted by molar-refractivity contribution is 6.19. The van der Waals surface area contributed by atoms with Crippen LogP contribution < -0.4 is 4.90 Å². The summed E-state index contributed by atoms with van der Waals surface area (Å²) < 4.78 is 2.36. The normalized spacial score (nSPS) is 12.2. The fourth-order valence-corrected chi connectivity index (χ4v) is 9.18. The van der Waals surface area contributed by atoms with Crippen molar-refractivity contribution < 1.29 is 0 Å². The van der Waals surface area contributed by atoms with Crippen molar-refractivity contribution in [2.75, 3.05) is 4.90 Å². The number of anilines is 3. The Bertz CT molecular complexity index is 3370. The maximum Gasteiger partial charge on any atom is 0.161 e. The Morgan fingerprint density at radius 2 is 0.946 bits per heavy atom. The van der Waals surface area contributed by atoms with Gasteiger partial charge in [-0.3, -0.25) is 0 Å². The van der Waals surface area contributed by atoms with Crippen molar-refractivity contribution in [3.63, 3.8) is 0 Å². The standard InChI is InChI=1S/C52H32N4/c1-2-17-34(18-3-1)55-46-29-9-6-21-41(46)50-42(26-14-32-48(50)55)51-40-20-4-7-27-43(40)53-52(54-51)39-25-12-23-36-35(39)22-13-30-45(36)56-44-28-8-5-19-37(44)38-24-10-15-33-16-11-31-47(56)49(33)38/h1-32H. The second kappa shape index (κ2) is 12.0. The molecular formula is C52H32N4. The van der Waals surface area contributed by atoms with E-state index in [2.05, 4.69) is 204 Å². The van der Waals surface area contributed by atoms with E-state index in [1.165, 1.54) is 49.6 Å². The molecule has 2 aromatic heterocycles. The average molecular weight is 713 g/mol. The molecule has 1 aliphatic heterocycles. The first-order valence-electron chi connectivity index (χ1n) is 19.1. The second-order valence-corrected chi connectivity index (χ2v) is 14.5. The molecule has 9 aromatic carbocycles. The third-order valence-electron chi connectivity index (χ3n) is 11.5.